The van der Waals surface area contributed by atoms with Gasteiger partial charge in [0.25, 0.3) is 0 Å². The number of nitrogens with one attached hydrogen (secondary N) is 10. The summed E-state index contributed by atoms with van der Waals surface area (Å²) in [5.74, 6) is -9.31. The van der Waals surface area contributed by atoms with Gasteiger partial charge in [0.15, 0.2) is 0 Å². The predicted molar refractivity (Wildman–Crippen MR) is 309 cm³/mol. The second-order valence-corrected chi connectivity index (χ2v) is 21.8. The van der Waals surface area contributed by atoms with E-state index in [1.807, 2.05) is 37.3 Å². The minimum Gasteiger partial charge on any atom is -0.508 e. The molecule has 454 valence electrons. The Morgan fingerprint density at radius 1 is 0.494 bits per heavy atom. The van der Waals surface area contributed by atoms with E-state index in [2.05, 4.69) is 62.5 Å². The van der Waals surface area contributed by atoms with Gasteiger partial charge >= 0.3 is 5.97 Å². The second-order valence-electron chi connectivity index (χ2n) is 21.8. The van der Waals surface area contributed by atoms with E-state index in [4.69, 9.17) is 11.5 Å². The Morgan fingerprint density at radius 3 is 1.37 bits per heavy atom. The van der Waals surface area contributed by atoms with E-state index in [0.717, 1.165) is 5.56 Å². The summed E-state index contributed by atoms with van der Waals surface area (Å²) in [6, 6.07) is 3.70. The number of nitrogens with zero attached hydrogens (tertiary/aromatic N) is 2. The first kappa shape index (κ1) is 67.3. The number of aromatic amines is 2. The van der Waals surface area contributed by atoms with Gasteiger partial charge in [-0.25, -0.2) is 14.8 Å². The molecule has 0 aliphatic carbocycles. The SMILES string of the molecule is CC[C@H](C)[C@H](NC(=O)[C@H](Cc1ccc(O)cc1)NC(=O)[C@H](Cc1cnc[nH]1)NC(=O)[C@@H](NC(=O)[C@H](CCCCN)NC(=O)[C@H](Cc1cnc[nH]1)NC(=O)[C@@H](NC(=O)[C@@H](N)Cc1ccccc1)[C@@H](C)CC)C(C)C)C(=O)N[C@H](C(=O)O)C(C)C. The maximum atomic E-state index is 14.6. The van der Waals surface area contributed by atoms with E-state index in [1.54, 1.807) is 60.6 Å². The highest BCUT2D eigenvalue weighted by Gasteiger charge is 2.38. The zero-order valence-electron chi connectivity index (χ0n) is 48.7. The van der Waals surface area contributed by atoms with Crippen LogP contribution in [0.3, 0.4) is 0 Å². The van der Waals surface area contributed by atoms with Gasteiger partial charge in [-0.05, 0) is 79.2 Å². The lowest BCUT2D eigenvalue weighted by Crippen LogP contribution is -2.62. The van der Waals surface area contributed by atoms with Crippen molar-refractivity contribution < 1.29 is 53.4 Å². The highest BCUT2D eigenvalue weighted by Crippen LogP contribution is 2.17. The third-order valence-electron chi connectivity index (χ3n) is 14.5. The van der Waals surface area contributed by atoms with Crippen molar-refractivity contribution in [2.45, 2.75) is 168 Å². The summed E-state index contributed by atoms with van der Waals surface area (Å²) in [7, 11) is 0. The number of phenols is 1. The number of carbonyl (C=O) groups excluding carboxylic acids is 8. The number of hydrogen-bond acceptors (Lipinski definition) is 14. The highest BCUT2D eigenvalue weighted by atomic mass is 16.4. The van der Waals surface area contributed by atoms with Gasteiger partial charge in [-0.3, -0.25) is 38.4 Å². The normalized spacial score (nSPS) is 15.3. The molecule has 0 fully saturated rings. The van der Waals surface area contributed by atoms with Crippen molar-refractivity contribution in [3.05, 3.63) is 102 Å². The maximum Gasteiger partial charge on any atom is 0.326 e. The van der Waals surface area contributed by atoms with Crippen LogP contribution in [0.2, 0.25) is 0 Å². The van der Waals surface area contributed by atoms with Crippen molar-refractivity contribution in [1.82, 2.24) is 62.5 Å². The van der Waals surface area contributed by atoms with Gasteiger partial charge in [-0.2, -0.15) is 0 Å². The lowest BCUT2D eigenvalue weighted by Gasteiger charge is -2.30. The number of rotatable bonds is 35. The van der Waals surface area contributed by atoms with E-state index < -0.39 is 131 Å². The van der Waals surface area contributed by atoms with E-state index in [0.29, 0.717) is 42.6 Å². The Kier molecular flexibility index (Phi) is 27.3. The molecule has 0 aliphatic heterocycles. The summed E-state index contributed by atoms with van der Waals surface area (Å²) in [5.41, 5.74) is 14.3. The number of carboxylic acids is 1. The van der Waals surface area contributed by atoms with Crippen LogP contribution >= 0.6 is 0 Å². The Labute approximate surface area is 484 Å². The minimum absolute atomic E-state index is 0.0580. The zero-order chi connectivity index (χ0) is 61.3. The first-order valence-corrected chi connectivity index (χ1v) is 28.3. The van der Waals surface area contributed by atoms with Gasteiger partial charge < -0.3 is 74.2 Å². The molecule has 0 saturated carbocycles. The number of carboxylic acid groups (broad SMARTS) is 1. The van der Waals surface area contributed by atoms with Crippen LogP contribution in [0.25, 0.3) is 0 Å². The van der Waals surface area contributed by atoms with Crippen LogP contribution in [-0.4, -0.2) is 144 Å². The van der Waals surface area contributed by atoms with Crippen LogP contribution in [0.4, 0.5) is 0 Å². The van der Waals surface area contributed by atoms with Gasteiger partial charge in [-0.15, -0.1) is 0 Å². The monoisotopic (exact) mass is 1150 g/mol. The molecule has 2 aromatic carbocycles. The van der Waals surface area contributed by atoms with Crippen LogP contribution in [0.15, 0.2) is 79.6 Å². The van der Waals surface area contributed by atoms with Gasteiger partial charge in [-0.1, -0.05) is 111 Å². The Balaban J connectivity index is 1.61. The van der Waals surface area contributed by atoms with Crippen molar-refractivity contribution in [1.29, 1.82) is 0 Å². The van der Waals surface area contributed by atoms with Crippen molar-refractivity contribution in [3.8, 4) is 5.75 Å². The van der Waals surface area contributed by atoms with Crippen molar-refractivity contribution >= 4 is 53.2 Å². The van der Waals surface area contributed by atoms with Gasteiger partial charge in [0.2, 0.25) is 47.3 Å². The molecule has 16 N–H and O–H groups in total. The standard InChI is InChI=1S/C58H86N14O11/c1-9-34(7)48(71-50(74)41(60)24-36-16-12-11-13-17-36)56(80)68-44(26-38-28-61-30-63-38)52(76)65-42(18-14-15-23-59)51(75)69-46(32(3)4)55(79)67-45(27-39-29-62-31-64-39)53(77)66-43(25-37-19-21-40(73)22-20-37)54(78)72-49(35(8)10-2)57(81)70-47(33(5)6)58(82)83/h11-13,16-17,19-22,28-35,41-49,73H,9-10,14-15,18,23-27,59-60H2,1-8H3,(H,61,63)(H,62,64)(H,65,76)(H,66,77)(H,67,79)(H,68,80)(H,69,75)(H,70,81)(H,71,74)(H,72,78)(H,82,83)/t34-,35-,41-,42-,43-,44-,45-,46-,47-,48-,49-/m0/s1. The summed E-state index contributed by atoms with van der Waals surface area (Å²) >= 11 is 0. The van der Waals surface area contributed by atoms with Crippen molar-refractivity contribution in [2.75, 3.05) is 6.54 Å². The quantitative estimate of drug-likeness (QED) is 0.0285. The minimum atomic E-state index is -1.43. The first-order chi connectivity index (χ1) is 39.5. The average Bonchev–Trinajstić information content (AvgIpc) is 4.32. The van der Waals surface area contributed by atoms with Crippen LogP contribution in [0.5, 0.6) is 5.75 Å². The molecule has 0 aliphatic rings. The number of hydrogen-bond donors (Lipinski definition) is 14. The molecule has 8 amide bonds. The number of benzene rings is 2. The number of aliphatic carboxylic acids is 1. The molecule has 0 bridgehead atoms. The van der Waals surface area contributed by atoms with E-state index in [-0.39, 0.29) is 44.4 Å². The molecule has 83 heavy (non-hydrogen) atoms. The molecular weight excluding hydrogens is 1070 g/mol. The molecule has 25 nitrogen and oxygen atoms in total. The Morgan fingerprint density at radius 2 is 0.904 bits per heavy atom. The van der Waals surface area contributed by atoms with Gasteiger partial charge in [0.1, 0.15) is 54.1 Å². The number of unbranched alkanes of at least 4 members (excludes halogenated alkanes) is 1. The third-order valence-corrected chi connectivity index (χ3v) is 14.5. The molecule has 11 atom stereocenters. The average molecular weight is 1160 g/mol. The van der Waals surface area contributed by atoms with Crippen LogP contribution < -0.4 is 54.0 Å². The van der Waals surface area contributed by atoms with Crippen LogP contribution in [0, 0.1) is 23.7 Å². The molecule has 4 aromatic rings. The third kappa shape index (κ3) is 21.6. The number of aromatic nitrogens is 4. The van der Waals surface area contributed by atoms with Crippen molar-refractivity contribution in [3.63, 3.8) is 0 Å². The summed E-state index contributed by atoms with van der Waals surface area (Å²) in [6.45, 7) is 14.0. The molecule has 0 unspecified atom stereocenters. The zero-order valence-corrected chi connectivity index (χ0v) is 48.7. The summed E-state index contributed by atoms with van der Waals surface area (Å²) < 4.78 is 0. The summed E-state index contributed by atoms with van der Waals surface area (Å²) in [5, 5.41) is 41.7. The topological polar surface area (TPSA) is 400 Å². The number of aromatic hydroxyl groups is 1. The summed E-state index contributed by atoms with van der Waals surface area (Å²) in [4.78, 5) is 140. The highest BCUT2D eigenvalue weighted by molar-refractivity contribution is 5.98. The lowest BCUT2D eigenvalue weighted by atomic mass is 9.95. The number of amides is 8. The number of imidazole rings is 2. The maximum absolute atomic E-state index is 14.6. The molecule has 0 radical (unpaired) electrons. The number of nitrogens with two attached hydrogens (primary N) is 2. The number of H-pyrrole nitrogens is 2. The van der Waals surface area contributed by atoms with Gasteiger partial charge in [0, 0.05) is 43.0 Å². The summed E-state index contributed by atoms with van der Waals surface area (Å²) in [6.07, 6.45) is 7.23. The molecule has 4 rings (SSSR count). The van der Waals surface area contributed by atoms with Gasteiger partial charge in [0.05, 0.1) is 18.7 Å². The molecular formula is C58H86N14O11. The fourth-order valence-corrected chi connectivity index (χ4v) is 8.98. The fraction of sp³-hybridized carbons (Fsp3) is 0.534. The fourth-order valence-electron chi connectivity index (χ4n) is 8.98. The number of phenolic OH excluding ortho intramolecular Hbond substituents is 1. The van der Waals surface area contributed by atoms with Crippen LogP contribution in [0.1, 0.15) is 110 Å². The number of carbonyl (C=O) groups is 9. The first-order valence-electron chi connectivity index (χ1n) is 28.3. The molecule has 25 heteroatoms. The molecule has 2 heterocycles. The lowest BCUT2D eigenvalue weighted by molar-refractivity contribution is -0.144. The smallest absolute Gasteiger partial charge is 0.326 e. The molecule has 2 aromatic heterocycles. The van der Waals surface area contributed by atoms with E-state index in [1.165, 1.54) is 37.2 Å². The Bertz CT molecular complexity index is 2710. The second kappa shape index (κ2) is 33.7. The van der Waals surface area contributed by atoms with E-state index in [9.17, 15) is 53.4 Å². The Hall–Kier alpha value is -8.19. The predicted octanol–water partition coefficient (Wildman–Crippen LogP) is 0.932. The molecule has 0 spiro atoms. The molecule has 0 saturated heterocycles. The largest absolute Gasteiger partial charge is 0.508 e. The van der Waals surface area contributed by atoms with Crippen LogP contribution in [-0.2, 0) is 68.8 Å². The van der Waals surface area contributed by atoms with E-state index >= 15 is 0 Å². The van der Waals surface area contributed by atoms with Crippen molar-refractivity contribution in [2.24, 2.45) is 35.1 Å².